The topological polar surface area (TPSA) is 51.2 Å². The minimum atomic E-state index is -0.553. The first kappa shape index (κ1) is 19.6. The number of rotatable bonds is 7. The van der Waals surface area contributed by atoms with Crippen molar-refractivity contribution >= 4 is 22.4 Å². The van der Waals surface area contributed by atoms with E-state index < -0.39 is 6.10 Å². The molecular weight excluding hydrogens is 372 g/mol. The normalized spacial score (nSPS) is 11.8. The molecule has 30 heavy (non-hydrogen) atoms. The van der Waals surface area contributed by atoms with Crippen LogP contribution in [0, 0.1) is 0 Å². The van der Waals surface area contributed by atoms with Crippen LogP contribution < -0.4 is 10.1 Å². The van der Waals surface area contributed by atoms with Gasteiger partial charge in [0.2, 0.25) is 0 Å². The Labute approximate surface area is 176 Å². The van der Waals surface area contributed by atoms with Gasteiger partial charge < -0.3 is 10.1 Å². The number of ether oxygens (including phenoxy) is 1. The van der Waals surface area contributed by atoms with Crippen molar-refractivity contribution in [1.29, 1.82) is 0 Å². The van der Waals surface area contributed by atoms with E-state index in [0.717, 1.165) is 22.9 Å². The maximum absolute atomic E-state index is 12.7. The molecule has 0 spiro atoms. The molecule has 0 unspecified atom stereocenters. The standard InChI is InChI=1S/C26H24N2O2/c1-2-25(30-24-12-9-21-5-3-4-6-22(21)18-24)26(29)28-23-10-7-19(8-11-23)17-20-13-15-27-16-14-20/h3-16,18,25H,2,17H2,1H3,(H,28,29)/t25-/m0/s1. The van der Waals surface area contributed by atoms with Crippen LogP contribution in [-0.4, -0.2) is 17.0 Å². The third-order valence-electron chi connectivity index (χ3n) is 5.04. The molecule has 4 nitrogen and oxygen atoms in total. The summed E-state index contributed by atoms with van der Waals surface area (Å²) in [6, 6.07) is 25.9. The third-order valence-corrected chi connectivity index (χ3v) is 5.04. The first-order valence-electron chi connectivity index (χ1n) is 10.2. The number of carbonyl (C=O) groups is 1. The Hall–Kier alpha value is -3.66. The highest BCUT2D eigenvalue weighted by atomic mass is 16.5. The fourth-order valence-corrected chi connectivity index (χ4v) is 3.39. The van der Waals surface area contributed by atoms with Gasteiger partial charge >= 0.3 is 0 Å². The lowest BCUT2D eigenvalue weighted by Crippen LogP contribution is -2.32. The molecule has 0 aliphatic rings. The van der Waals surface area contributed by atoms with Crippen LogP contribution in [0.1, 0.15) is 24.5 Å². The molecule has 1 amide bonds. The van der Waals surface area contributed by atoms with Crippen molar-refractivity contribution in [2.24, 2.45) is 0 Å². The Bertz CT molecular complexity index is 1120. The number of benzene rings is 3. The van der Waals surface area contributed by atoms with Gasteiger partial charge in [0.05, 0.1) is 0 Å². The van der Waals surface area contributed by atoms with E-state index in [0.29, 0.717) is 12.2 Å². The lowest BCUT2D eigenvalue weighted by molar-refractivity contribution is -0.122. The number of pyridine rings is 1. The number of anilines is 1. The van der Waals surface area contributed by atoms with Crippen molar-refractivity contribution in [1.82, 2.24) is 4.98 Å². The van der Waals surface area contributed by atoms with Crippen LogP contribution in [0.25, 0.3) is 10.8 Å². The number of nitrogens with zero attached hydrogens (tertiary/aromatic N) is 1. The van der Waals surface area contributed by atoms with E-state index in [9.17, 15) is 4.79 Å². The molecule has 0 aliphatic carbocycles. The van der Waals surface area contributed by atoms with E-state index in [2.05, 4.69) is 16.4 Å². The van der Waals surface area contributed by atoms with Gasteiger partial charge in [-0.3, -0.25) is 9.78 Å². The number of aromatic nitrogens is 1. The van der Waals surface area contributed by atoms with Crippen LogP contribution in [0.3, 0.4) is 0 Å². The van der Waals surface area contributed by atoms with Gasteiger partial charge in [-0.25, -0.2) is 0 Å². The first-order valence-corrected chi connectivity index (χ1v) is 10.2. The van der Waals surface area contributed by atoms with Crippen molar-refractivity contribution in [3.8, 4) is 5.75 Å². The van der Waals surface area contributed by atoms with Crippen LogP contribution in [0.15, 0.2) is 91.3 Å². The average molecular weight is 396 g/mol. The third kappa shape index (κ3) is 4.84. The molecule has 0 aliphatic heterocycles. The molecule has 0 saturated carbocycles. The van der Waals surface area contributed by atoms with Crippen molar-refractivity contribution in [2.75, 3.05) is 5.32 Å². The summed E-state index contributed by atoms with van der Waals surface area (Å²) in [7, 11) is 0. The summed E-state index contributed by atoms with van der Waals surface area (Å²) in [6.45, 7) is 1.95. The fourth-order valence-electron chi connectivity index (χ4n) is 3.39. The van der Waals surface area contributed by atoms with Crippen LogP contribution in [0.4, 0.5) is 5.69 Å². The second kappa shape index (κ2) is 9.23. The number of amides is 1. The summed E-state index contributed by atoms with van der Waals surface area (Å²) in [5.74, 6) is 0.552. The predicted molar refractivity (Wildman–Crippen MR) is 121 cm³/mol. The molecule has 4 aromatic rings. The van der Waals surface area contributed by atoms with Gasteiger partial charge in [-0.1, -0.05) is 49.4 Å². The molecule has 1 heterocycles. The van der Waals surface area contributed by atoms with E-state index in [1.165, 1.54) is 11.1 Å². The summed E-state index contributed by atoms with van der Waals surface area (Å²) in [5, 5.41) is 5.21. The van der Waals surface area contributed by atoms with Crippen molar-refractivity contribution in [2.45, 2.75) is 25.9 Å². The summed E-state index contributed by atoms with van der Waals surface area (Å²) in [4.78, 5) is 16.8. The van der Waals surface area contributed by atoms with Crippen LogP contribution in [0.2, 0.25) is 0 Å². The largest absolute Gasteiger partial charge is 0.481 e. The summed E-state index contributed by atoms with van der Waals surface area (Å²) in [5.41, 5.74) is 3.15. The zero-order valence-corrected chi connectivity index (χ0v) is 16.9. The van der Waals surface area contributed by atoms with Gasteiger partial charge in [0.15, 0.2) is 6.10 Å². The van der Waals surface area contributed by atoms with E-state index in [1.54, 1.807) is 12.4 Å². The van der Waals surface area contributed by atoms with Crippen molar-refractivity contribution < 1.29 is 9.53 Å². The van der Waals surface area contributed by atoms with E-state index in [-0.39, 0.29) is 5.91 Å². The van der Waals surface area contributed by atoms with Crippen molar-refractivity contribution in [3.05, 3.63) is 102 Å². The Balaban J connectivity index is 1.39. The molecule has 150 valence electrons. The number of fused-ring (bicyclic) bond motifs is 1. The van der Waals surface area contributed by atoms with Crippen LogP contribution >= 0.6 is 0 Å². The van der Waals surface area contributed by atoms with Gasteiger partial charge in [0.1, 0.15) is 5.75 Å². The molecule has 1 aromatic heterocycles. The van der Waals surface area contributed by atoms with Gasteiger partial charge in [0, 0.05) is 18.1 Å². The molecule has 0 fully saturated rings. The lowest BCUT2D eigenvalue weighted by atomic mass is 10.1. The van der Waals surface area contributed by atoms with E-state index >= 15 is 0 Å². The van der Waals surface area contributed by atoms with E-state index in [1.807, 2.05) is 79.7 Å². The highest BCUT2D eigenvalue weighted by molar-refractivity contribution is 5.94. The zero-order chi connectivity index (χ0) is 20.8. The van der Waals surface area contributed by atoms with Crippen LogP contribution in [0.5, 0.6) is 5.75 Å². The van der Waals surface area contributed by atoms with Gasteiger partial charge in [-0.15, -0.1) is 0 Å². The van der Waals surface area contributed by atoms with Crippen molar-refractivity contribution in [3.63, 3.8) is 0 Å². The molecule has 1 atom stereocenters. The molecular formula is C26H24N2O2. The maximum atomic E-state index is 12.7. The smallest absolute Gasteiger partial charge is 0.265 e. The predicted octanol–water partition coefficient (Wildman–Crippen LogP) is 5.62. The summed E-state index contributed by atoms with van der Waals surface area (Å²) >= 11 is 0. The zero-order valence-electron chi connectivity index (χ0n) is 16.9. The molecule has 0 bridgehead atoms. The van der Waals surface area contributed by atoms with Gasteiger partial charge in [0.25, 0.3) is 5.91 Å². The Morgan fingerprint density at radius 3 is 2.33 bits per heavy atom. The lowest BCUT2D eigenvalue weighted by Gasteiger charge is -2.18. The monoisotopic (exact) mass is 396 g/mol. The summed E-state index contributed by atoms with van der Waals surface area (Å²) < 4.78 is 5.99. The van der Waals surface area contributed by atoms with Gasteiger partial charge in [-0.05, 0) is 71.1 Å². The molecule has 4 heteroatoms. The summed E-state index contributed by atoms with van der Waals surface area (Å²) in [6.07, 6.45) is 4.45. The fraction of sp³-hybridized carbons (Fsp3) is 0.154. The molecule has 1 N–H and O–H groups in total. The molecule has 0 saturated heterocycles. The number of hydrogen-bond donors (Lipinski definition) is 1. The Morgan fingerprint density at radius 2 is 1.60 bits per heavy atom. The minimum Gasteiger partial charge on any atom is -0.481 e. The molecule has 4 rings (SSSR count). The SMILES string of the molecule is CC[C@H](Oc1ccc2ccccc2c1)C(=O)Nc1ccc(Cc2ccncc2)cc1. The minimum absolute atomic E-state index is 0.146. The number of hydrogen-bond acceptors (Lipinski definition) is 3. The number of nitrogens with one attached hydrogen (secondary N) is 1. The highest BCUT2D eigenvalue weighted by Gasteiger charge is 2.18. The van der Waals surface area contributed by atoms with Gasteiger partial charge in [-0.2, -0.15) is 0 Å². The number of carbonyl (C=O) groups excluding carboxylic acids is 1. The second-order valence-corrected chi connectivity index (χ2v) is 7.24. The Kier molecular flexibility index (Phi) is 6.04. The quantitative estimate of drug-likeness (QED) is 0.441. The Morgan fingerprint density at radius 1 is 0.900 bits per heavy atom. The maximum Gasteiger partial charge on any atom is 0.265 e. The average Bonchev–Trinajstić information content (AvgIpc) is 2.79. The first-order chi connectivity index (χ1) is 14.7. The highest BCUT2D eigenvalue weighted by Crippen LogP contribution is 2.22. The molecule has 0 radical (unpaired) electrons. The van der Waals surface area contributed by atoms with Crippen LogP contribution in [-0.2, 0) is 11.2 Å². The van der Waals surface area contributed by atoms with E-state index in [4.69, 9.17) is 4.74 Å². The second-order valence-electron chi connectivity index (χ2n) is 7.24. The molecule has 3 aromatic carbocycles.